The summed E-state index contributed by atoms with van der Waals surface area (Å²) in [6.07, 6.45) is 4.35. The lowest BCUT2D eigenvalue weighted by Gasteiger charge is -2.14. The van der Waals surface area contributed by atoms with Gasteiger partial charge in [-0.3, -0.25) is 4.79 Å². The normalized spacial score (nSPS) is 14.0. The molecule has 6 nitrogen and oxygen atoms in total. The Morgan fingerprint density at radius 1 is 1.00 bits per heavy atom. The molecule has 0 saturated heterocycles. The minimum atomic E-state index is -4.30. The summed E-state index contributed by atoms with van der Waals surface area (Å²) in [7, 11) is -4.30. The van der Waals surface area contributed by atoms with E-state index in [9.17, 15) is 22.0 Å². The van der Waals surface area contributed by atoms with Crippen LogP contribution in [0.1, 0.15) is 41.6 Å². The van der Waals surface area contributed by atoms with Gasteiger partial charge in [-0.1, -0.05) is 36.6 Å². The van der Waals surface area contributed by atoms with Crippen molar-refractivity contribution < 1.29 is 31.5 Å². The lowest BCUT2D eigenvalue weighted by molar-refractivity contribution is 0.0977. The van der Waals surface area contributed by atoms with Crippen molar-refractivity contribution in [2.45, 2.75) is 37.2 Å². The molecule has 3 aromatic carbocycles. The molecule has 0 radical (unpaired) electrons. The van der Waals surface area contributed by atoms with Crippen LogP contribution >= 0.6 is 11.6 Å². The number of ether oxygens (including phenoxy) is 2. The van der Waals surface area contributed by atoms with Crippen LogP contribution in [0.4, 0.5) is 8.78 Å². The molecule has 1 amide bonds. The summed E-state index contributed by atoms with van der Waals surface area (Å²) in [4.78, 5) is 12.3. The molecular weight excluding hydrogens is 512 g/mol. The van der Waals surface area contributed by atoms with Crippen molar-refractivity contribution in [3.63, 3.8) is 0 Å². The molecule has 190 valence electrons. The van der Waals surface area contributed by atoms with Gasteiger partial charge in [-0.05, 0) is 66.8 Å². The minimum absolute atomic E-state index is 0.0109. The quantitative estimate of drug-likeness (QED) is 0.370. The summed E-state index contributed by atoms with van der Waals surface area (Å²) in [5, 5.41) is 0.0109. The van der Waals surface area contributed by atoms with E-state index in [2.05, 4.69) is 0 Å². The second-order valence-corrected chi connectivity index (χ2v) is 10.6. The first-order chi connectivity index (χ1) is 17.2. The van der Waals surface area contributed by atoms with E-state index in [-0.39, 0.29) is 22.3 Å². The number of halogens is 3. The summed E-state index contributed by atoms with van der Waals surface area (Å²) in [5.74, 6) is -1.67. The van der Waals surface area contributed by atoms with Crippen molar-refractivity contribution in [1.82, 2.24) is 4.72 Å². The Morgan fingerprint density at radius 3 is 2.42 bits per heavy atom. The summed E-state index contributed by atoms with van der Waals surface area (Å²) < 4.78 is 66.2. The zero-order valence-electron chi connectivity index (χ0n) is 19.2. The third-order valence-corrected chi connectivity index (χ3v) is 7.51. The molecule has 0 unspecified atom stereocenters. The minimum Gasteiger partial charge on any atom is -0.492 e. The van der Waals surface area contributed by atoms with Crippen molar-refractivity contribution in [3.05, 3.63) is 88.4 Å². The lowest BCUT2D eigenvalue weighted by atomic mass is 10.1. The van der Waals surface area contributed by atoms with Crippen LogP contribution in [0.2, 0.25) is 5.02 Å². The maximum Gasteiger partial charge on any atom is 0.268 e. The van der Waals surface area contributed by atoms with E-state index in [1.807, 2.05) is 4.72 Å². The monoisotopic (exact) mass is 535 g/mol. The number of amides is 1. The van der Waals surface area contributed by atoms with Crippen molar-refractivity contribution in [3.8, 4) is 11.5 Å². The smallest absolute Gasteiger partial charge is 0.268 e. The van der Waals surface area contributed by atoms with Gasteiger partial charge in [0.1, 0.15) is 29.7 Å². The van der Waals surface area contributed by atoms with Crippen LogP contribution in [0.5, 0.6) is 11.5 Å². The Hall–Kier alpha value is -3.17. The molecule has 3 aromatic rings. The van der Waals surface area contributed by atoms with E-state index in [0.717, 1.165) is 37.8 Å². The van der Waals surface area contributed by atoms with Crippen molar-refractivity contribution >= 4 is 27.5 Å². The molecule has 1 fully saturated rings. The highest BCUT2D eigenvalue weighted by molar-refractivity contribution is 7.90. The van der Waals surface area contributed by atoms with E-state index < -0.39 is 33.1 Å². The van der Waals surface area contributed by atoms with Crippen molar-refractivity contribution in [1.29, 1.82) is 0 Å². The first kappa shape index (κ1) is 25.9. The molecule has 1 aliphatic carbocycles. The third kappa shape index (κ3) is 6.53. The highest BCUT2D eigenvalue weighted by Crippen LogP contribution is 2.31. The van der Waals surface area contributed by atoms with E-state index in [4.69, 9.17) is 21.1 Å². The third-order valence-electron chi connectivity index (χ3n) is 5.87. The first-order valence-corrected chi connectivity index (χ1v) is 13.2. The Bertz CT molecular complexity index is 1340. The van der Waals surface area contributed by atoms with Gasteiger partial charge in [0.25, 0.3) is 15.9 Å². The molecular formula is C26H24ClF2NO5S. The van der Waals surface area contributed by atoms with Crippen molar-refractivity contribution in [2.75, 3.05) is 6.61 Å². The van der Waals surface area contributed by atoms with Gasteiger partial charge in [0.05, 0.1) is 22.1 Å². The number of benzene rings is 3. The van der Waals surface area contributed by atoms with Crippen LogP contribution in [0.15, 0.2) is 65.6 Å². The Kier molecular flexibility index (Phi) is 8.11. The number of nitrogens with one attached hydrogen (secondary N) is 1. The van der Waals surface area contributed by atoms with Crippen LogP contribution in [-0.2, 0) is 16.6 Å². The highest BCUT2D eigenvalue weighted by atomic mass is 35.5. The topological polar surface area (TPSA) is 81.7 Å². The standard InChI is InChI=1S/C26H24ClF2NO5S/c27-23-13-22(24(29)14-25(23)35-15-17-4-1-2-5-17)26(31)30-36(32,33)21-10-8-20(9-11-21)34-16-18-6-3-7-19(28)12-18/h3,6-14,17H,1-2,4-5,15-16H2,(H,30,31). The number of carbonyl (C=O) groups excluding carboxylic acids is 1. The number of rotatable bonds is 9. The number of hydrogen-bond acceptors (Lipinski definition) is 5. The molecule has 0 heterocycles. The van der Waals surface area contributed by atoms with Gasteiger partial charge in [-0.15, -0.1) is 0 Å². The van der Waals surface area contributed by atoms with E-state index >= 15 is 0 Å². The Labute approximate surface area is 213 Å². The fourth-order valence-corrected chi connectivity index (χ4v) is 5.13. The summed E-state index contributed by atoms with van der Waals surface area (Å²) >= 11 is 6.16. The van der Waals surface area contributed by atoms with E-state index in [0.29, 0.717) is 23.8 Å². The second-order valence-electron chi connectivity index (χ2n) is 8.55. The SMILES string of the molecule is O=C(NS(=O)(=O)c1ccc(OCc2cccc(F)c2)cc1)c1cc(Cl)c(OCC2CCCC2)cc1F. The molecule has 0 atom stereocenters. The van der Waals surface area contributed by atoms with Gasteiger partial charge < -0.3 is 9.47 Å². The molecule has 0 aromatic heterocycles. The van der Waals surface area contributed by atoms with Gasteiger partial charge in [-0.2, -0.15) is 0 Å². The maximum atomic E-state index is 14.6. The van der Waals surface area contributed by atoms with E-state index in [1.54, 1.807) is 12.1 Å². The molecule has 36 heavy (non-hydrogen) atoms. The molecule has 1 saturated carbocycles. The number of sulfonamides is 1. The van der Waals surface area contributed by atoms with Gasteiger partial charge in [0, 0.05) is 6.07 Å². The molecule has 0 aliphatic heterocycles. The molecule has 1 aliphatic rings. The van der Waals surface area contributed by atoms with Gasteiger partial charge >= 0.3 is 0 Å². The maximum absolute atomic E-state index is 14.6. The van der Waals surface area contributed by atoms with Crippen LogP contribution in [-0.4, -0.2) is 20.9 Å². The Balaban J connectivity index is 1.39. The fraction of sp³-hybridized carbons (Fsp3) is 0.269. The van der Waals surface area contributed by atoms with Crippen LogP contribution in [0.3, 0.4) is 0 Å². The number of carbonyl (C=O) groups is 1. The van der Waals surface area contributed by atoms with Crippen molar-refractivity contribution in [2.24, 2.45) is 5.92 Å². The highest BCUT2D eigenvalue weighted by Gasteiger charge is 2.23. The van der Waals surface area contributed by atoms with Crippen LogP contribution in [0.25, 0.3) is 0 Å². The Morgan fingerprint density at radius 2 is 1.72 bits per heavy atom. The fourth-order valence-electron chi connectivity index (χ4n) is 3.94. The van der Waals surface area contributed by atoms with Crippen LogP contribution in [0, 0.1) is 17.6 Å². The second kappa shape index (κ2) is 11.3. The average molecular weight is 536 g/mol. The lowest BCUT2D eigenvalue weighted by Crippen LogP contribution is -2.31. The molecule has 4 rings (SSSR count). The van der Waals surface area contributed by atoms with Crippen LogP contribution < -0.4 is 14.2 Å². The van der Waals surface area contributed by atoms with Gasteiger partial charge in [0.2, 0.25) is 0 Å². The molecule has 10 heteroatoms. The average Bonchev–Trinajstić information content (AvgIpc) is 3.37. The van der Waals surface area contributed by atoms with Gasteiger partial charge in [-0.25, -0.2) is 21.9 Å². The summed E-state index contributed by atoms with van der Waals surface area (Å²) in [6, 6.07) is 13.2. The zero-order chi connectivity index (χ0) is 25.7. The summed E-state index contributed by atoms with van der Waals surface area (Å²) in [5.41, 5.74) is 0.0847. The molecule has 0 spiro atoms. The predicted octanol–water partition coefficient (Wildman–Crippen LogP) is 5.88. The van der Waals surface area contributed by atoms with Gasteiger partial charge in [0.15, 0.2) is 0 Å². The van der Waals surface area contributed by atoms with E-state index in [1.165, 1.54) is 36.4 Å². The zero-order valence-corrected chi connectivity index (χ0v) is 20.7. The largest absolute Gasteiger partial charge is 0.492 e. The molecule has 1 N–H and O–H groups in total. The number of hydrogen-bond donors (Lipinski definition) is 1. The predicted molar refractivity (Wildman–Crippen MR) is 131 cm³/mol. The summed E-state index contributed by atoms with van der Waals surface area (Å²) in [6.45, 7) is 0.488. The molecule has 0 bridgehead atoms. The first-order valence-electron chi connectivity index (χ1n) is 11.4.